The molecule has 2 aliphatic carbocycles. The second kappa shape index (κ2) is 9.07. The number of sulfonamides is 1. The van der Waals surface area contributed by atoms with Gasteiger partial charge in [-0.15, -0.1) is 0 Å². The van der Waals surface area contributed by atoms with E-state index in [1.165, 1.54) is 23.5 Å². The maximum Gasteiger partial charge on any atom is 0.248 e. The number of allylic oxidation sites excluding steroid dienone is 1. The first-order valence-corrected chi connectivity index (χ1v) is 12.9. The first-order chi connectivity index (χ1) is 16.8. The zero-order valence-electron chi connectivity index (χ0n) is 19.5. The molecule has 2 N–H and O–H groups in total. The minimum absolute atomic E-state index is 0.0664. The van der Waals surface area contributed by atoms with E-state index in [0.29, 0.717) is 18.8 Å². The molecule has 4 atom stereocenters. The van der Waals surface area contributed by atoms with Gasteiger partial charge in [0.15, 0.2) is 0 Å². The maximum absolute atomic E-state index is 13.4. The van der Waals surface area contributed by atoms with Gasteiger partial charge in [-0.2, -0.15) is 4.31 Å². The number of carbonyl (C=O) groups is 1. The van der Waals surface area contributed by atoms with Gasteiger partial charge in [-0.3, -0.25) is 15.0 Å². The molecule has 1 aromatic heterocycles. The molecular weight excluding hydrogens is 466 g/mol. The minimum atomic E-state index is -3.86. The lowest BCUT2D eigenvalue weighted by Gasteiger charge is -2.33. The van der Waals surface area contributed by atoms with E-state index in [1.807, 2.05) is 49.4 Å². The molecule has 0 unspecified atom stereocenters. The van der Waals surface area contributed by atoms with Crippen LogP contribution in [0.1, 0.15) is 17.7 Å². The van der Waals surface area contributed by atoms with Crippen LogP contribution in [0.2, 0.25) is 0 Å². The molecule has 5 rings (SSSR count). The van der Waals surface area contributed by atoms with E-state index in [2.05, 4.69) is 4.98 Å². The third-order valence-electron chi connectivity index (χ3n) is 7.08. The second-order valence-electron chi connectivity index (χ2n) is 9.16. The average Bonchev–Trinajstić information content (AvgIpc) is 3.48. The van der Waals surface area contributed by atoms with Crippen LogP contribution in [-0.2, 0) is 21.4 Å². The Balaban J connectivity index is 1.33. The lowest BCUT2D eigenvalue weighted by Crippen LogP contribution is -2.49. The summed E-state index contributed by atoms with van der Waals surface area (Å²) >= 11 is 0. The molecule has 1 amide bonds. The van der Waals surface area contributed by atoms with Crippen LogP contribution in [0.15, 0.2) is 71.6 Å². The topological polar surface area (TPSA) is 109 Å². The molecule has 35 heavy (non-hydrogen) atoms. The fourth-order valence-corrected chi connectivity index (χ4v) is 6.85. The number of hydrogen-bond donors (Lipinski definition) is 2. The van der Waals surface area contributed by atoms with Gasteiger partial charge in [0.2, 0.25) is 15.9 Å². The van der Waals surface area contributed by atoms with Crippen molar-refractivity contribution < 1.29 is 23.2 Å². The molecule has 182 valence electrons. The number of aromatic nitrogens is 1. The zero-order chi connectivity index (χ0) is 24.7. The van der Waals surface area contributed by atoms with Crippen LogP contribution in [0.4, 0.5) is 0 Å². The van der Waals surface area contributed by atoms with Crippen LogP contribution in [0.25, 0.3) is 10.9 Å². The first-order valence-electron chi connectivity index (χ1n) is 11.5. The fraction of sp³-hybridized carbons (Fsp3) is 0.308. The van der Waals surface area contributed by atoms with Gasteiger partial charge in [-0.05, 0) is 61.6 Å². The maximum atomic E-state index is 13.4. The first kappa shape index (κ1) is 23.5. The number of fused-ring (bicyclic) bond motifs is 3. The fourth-order valence-electron chi connectivity index (χ4n) is 5.43. The number of hydroxylamine groups is 1. The van der Waals surface area contributed by atoms with Crippen LogP contribution in [0.5, 0.6) is 5.75 Å². The molecule has 8 nitrogen and oxygen atoms in total. The van der Waals surface area contributed by atoms with Crippen LogP contribution >= 0.6 is 0 Å². The zero-order valence-corrected chi connectivity index (χ0v) is 20.3. The van der Waals surface area contributed by atoms with Gasteiger partial charge in [0, 0.05) is 29.7 Å². The lowest BCUT2D eigenvalue weighted by molar-refractivity contribution is -0.135. The van der Waals surface area contributed by atoms with Gasteiger partial charge in [0.25, 0.3) is 0 Å². The van der Waals surface area contributed by atoms with E-state index >= 15 is 0 Å². The third-order valence-corrected chi connectivity index (χ3v) is 8.95. The molecule has 3 aromatic rings. The molecule has 2 bridgehead atoms. The normalized spacial score (nSPS) is 23.2. The molecule has 2 aliphatic rings. The molecular formula is C26H27N3O5S. The van der Waals surface area contributed by atoms with E-state index in [4.69, 9.17) is 4.74 Å². The molecule has 9 heteroatoms. The molecule has 1 heterocycles. The van der Waals surface area contributed by atoms with Gasteiger partial charge >= 0.3 is 0 Å². The monoisotopic (exact) mass is 493 g/mol. The summed E-state index contributed by atoms with van der Waals surface area (Å²) in [5, 5.41) is 10.2. The van der Waals surface area contributed by atoms with E-state index in [-0.39, 0.29) is 16.7 Å². The van der Waals surface area contributed by atoms with Crippen molar-refractivity contribution in [1.82, 2.24) is 14.8 Å². The summed E-state index contributed by atoms with van der Waals surface area (Å²) in [6.07, 6.45) is 4.59. The van der Waals surface area contributed by atoms with E-state index in [1.54, 1.807) is 17.6 Å². The standard InChI is InChI=1S/C26H27N3O5S/c1-16-13-19(22-5-3-4-6-23(22)27-16)15-34-20-9-11-21(12-10-20)35(32,33)29(2)25-18-8-7-17(14-18)24(25)26(30)28-31/h3-13,17-18,24-25,31H,14-15H2,1-2H3,(H,28,30)/t17-,18+,24-,25+/m0/s1. The second-order valence-corrected chi connectivity index (χ2v) is 11.2. The number of para-hydroxylation sites is 1. The van der Waals surface area contributed by atoms with Gasteiger partial charge < -0.3 is 4.74 Å². The van der Waals surface area contributed by atoms with Gasteiger partial charge in [0.05, 0.1) is 16.3 Å². The quantitative estimate of drug-likeness (QED) is 0.297. The van der Waals surface area contributed by atoms with Crippen molar-refractivity contribution in [1.29, 1.82) is 0 Å². The van der Waals surface area contributed by atoms with Crippen molar-refractivity contribution in [2.75, 3.05) is 7.05 Å². The number of rotatable bonds is 7. The highest BCUT2D eigenvalue weighted by Crippen LogP contribution is 2.47. The summed E-state index contributed by atoms with van der Waals surface area (Å²) in [4.78, 5) is 16.9. The van der Waals surface area contributed by atoms with Gasteiger partial charge in [-0.1, -0.05) is 30.4 Å². The summed E-state index contributed by atoms with van der Waals surface area (Å²) in [6.45, 7) is 2.26. The Morgan fingerprint density at radius 3 is 2.60 bits per heavy atom. The van der Waals surface area contributed by atoms with Gasteiger partial charge in [0.1, 0.15) is 12.4 Å². The van der Waals surface area contributed by atoms with Crippen LogP contribution in [-0.4, -0.2) is 41.9 Å². The highest BCUT2D eigenvalue weighted by Gasteiger charge is 2.52. The molecule has 0 spiro atoms. The highest BCUT2D eigenvalue weighted by molar-refractivity contribution is 7.89. The van der Waals surface area contributed by atoms with Crippen molar-refractivity contribution in [2.45, 2.75) is 30.9 Å². The number of ether oxygens (including phenoxy) is 1. The third kappa shape index (κ3) is 4.20. The van der Waals surface area contributed by atoms with Crippen LogP contribution < -0.4 is 10.2 Å². The van der Waals surface area contributed by atoms with Crippen molar-refractivity contribution in [3.05, 3.63) is 78.0 Å². The Bertz CT molecular complexity index is 1400. The lowest BCUT2D eigenvalue weighted by atomic mass is 9.88. The Kier molecular flexibility index (Phi) is 6.08. The van der Waals surface area contributed by atoms with Gasteiger partial charge in [-0.25, -0.2) is 13.9 Å². The van der Waals surface area contributed by atoms with Crippen LogP contribution in [0.3, 0.4) is 0 Å². The Morgan fingerprint density at radius 2 is 1.86 bits per heavy atom. The number of nitrogens with zero attached hydrogens (tertiary/aromatic N) is 2. The number of hydrogen-bond acceptors (Lipinski definition) is 6. The summed E-state index contributed by atoms with van der Waals surface area (Å²) < 4.78 is 34.0. The van der Waals surface area contributed by atoms with Crippen LogP contribution in [0, 0.1) is 24.7 Å². The molecule has 1 fully saturated rings. The summed E-state index contributed by atoms with van der Waals surface area (Å²) in [5.74, 6) is -0.792. The molecule has 0 aliphatic heterocycles. The highest BCUT2D eigenvalue weighted by atomic mass is 32.2. The minimum Gasteiger partial charge on any atom is -0.489 e. The van der Waals surface area contributed by atoms with Crippen molar-refractivity contribution in [3.8, 4) is 5.75 Å². The Morgan fingerprint density at radius 1 is 1.14 bits per heavy atom. The number of benzene rings is 2. The number of aryl methyl sites for hydroxylation is 1. The van der Waals surface area contributed by atoms with Crippen molar-refractivity contribution in [3.63, 3.8) is 0 Å². The van der Waals surface area contributed by atoms with E-state index in [0.717, 1.165) is 22.2 Å². The SMILES string of the molecule is Cc1cc(COc2ccc(S(=O)(=O)N(C)[C@H]3[C@@H](C(=O)NO)[C@H]4C=C[C@@H]3C4)cc2)c2ccccc2n1. The van der Waals surface area contributed by atoms with Crippen molar-refractivity contribution >= 4 is 26.8 Å². The van der Waals surface area contributed by atoms with E-state index < -0.39 is 27.9 Å². The smallest absolute Gasteiger partial charge is 0.248 e. The molecule has 0 radical (unpaired) electrons. The number of carbonyl (C=O) groups excluding carboxylic acids is 1. The average molecular weight is 494 g/mol. The Labute approximate surface area is 204 Å². The van der Waals surface area contributed by atoms with E-state index in [9.17, 15) is 18.4 Å². The number of nitrogens with one attached hydrogen (secondary N) is 1. The summed E-state index contributed by atoms with van der Waals surface area (Å²) in [6, 6.07) is 15.6. The number of pyridine rings is 1. The number of amides is 1. The molecule has 1 saturated carbocycles. The summed E-state index contributed by atoms with van der Waals surface area (Å²) in [7, 11) is -2.37. The predicted octanol–water partition coefficient (Wildman–Crippen LogP) is 3.44. The molecule has 2 aromatic carbocycles. The molecule has 0 saturated heterocycles. The largest absolute Gasteiger partial charge is 0.489 e. The summed E-state index contributed by atoms with van der Waals surface area (Å²) in [5.41, 5.74) is 4.51. The van der Waals surface area contributed by atoms with Crippen molar-refractivity contribution in [2.24, 2.45) is 17.8 Å². The predicted molar refractivity (Wildman–Crippen MR) is 130 cm³/mol. The Hall–Kier alpha value is -3.27.